The molecule has 0 unspecified atom stereocenters. The molecule has 102 valence electrons. The topological polar surface area (TPSA) is 54.7 Å². The van der Waals surface area contributed by atoms with Gasteiger partial charge in [0.15, 0.2) is 5.82 Å². The number of nitrogens with two attached hydrogens (primary N) is 1. The highest BCUT2D eigenvalue weighted by molar-refractivity contribution is 9.13. The molecule has 0 bridgehead atoms. The Labute approximate surface area is 137 Å². The van der Waals surface area contributed by atoms with E-state index in [0.717, 1.165) is 30.0 Å². The summed E-state index contributed by atoms with van der Waals surface area (Å²) in [4.78, 5) is 1.09. The molecule has 0 aliphatic carbocycles. The van der Waals surface area contributed by atoms with E-state index in [4.69, 9.17) is 5.73 Å². The number of aromatic nitrogens is 2. The molecule has 20 heavy (non-hydrogen) atoms. The predicted molar refractivity (Wildman–Crippen MR) is 91.9 cm³/mol. The van der Waals surface area contributed by atoms with Gasteiger partial charge in [0.1, 0.15) is 0 Å². The summed E-state index contributed by atoms with van der Waals surface area (Å²) in [6.07, 6.45) is 0. The summed E-state index contributed by atoms with van der Waals surface area (Å²) in [5.74, 6) is 0.520. The Bertz CT molecular complexity index is 757. The first-order valence-electron chi connectivity index (χ1n) is 5.92. The van der Waals surface area contributed by atoms with Crippen LogP contribution in [-0.2, 0) is 0 Å². The molecule has 0 saturated carbocycles. The number of aromatic amines is 1. The predicted octanol–water partition coefficient (Wildman–Crippen LogP) is 5.22. The monoisotopic (exact) mass is 411 g/mol. The molecular formula is C14H11Br2N3S. The van der Waals surface area contributed by atoms with E-state index in [1.54, 1.807) is 11.3 Å². The third kappa shape index (κ3) is 2.43. The third-order valence-corrected chi connectivity index (χ3v) is 6.27. The van der Waals surface area contributed by atoms with Crippen LogP contribution in [-0.4, -0.2) is 10.2 Å². The summed E-state index contributed by atoms with van der Waals surface area (Å²) in [5, 5.41) is 7.21. The Morgan fingerprint density at radius 1 is 1.25 bits per heavy atom. The first kappa shape index (κ1) is 13.9. The summed E-state index contributed by atoms with van der Waals surface area (Å²) in [5.41, 5.74) is 10.2. The maximum Gasteiger partial charge on any atom is 0.153 e. The summed E-state index contributed by atoms with van der Waals surface area (Å²) in [7, 11) is 0. The molecule has 6 heteroatoms. The van der Waals surface area contributed by atoms with Crippen LogP contribution in [0, 0.1) is 6.92 Å². The summed E-state index contributed by atoms with van der Waals surface area (Å²) >= 11 is 8.67. The fourth-order valence-electron chi connectivity index (χ4n) is 2.10. The van der Waals surface area contributed by atoms with Crippen LogP contribution in [0.3, 0.4) is 0 Å². The van der Waals surface area contributed by atoms with Gasteiger partial charge in [0.25, 0.3) is 0 Å². The number of thiophene rings is 1. The molecule has 0 fully saturated rings. The van der Waals surface area contributed by atoms with E-state index in [1.807, 2.05) is 6.07 Å². The molecular weight excluding hydrogens is 402 g/mol. The van der Waals surface area contributed by atoms with Gasteiger partial charge >= 0.3 is 0 Å². The minimum Gasteiger partial charge on any atom is -0.382 e. The van der Waals surface area contributed by atoms with Crippen molar-refractivity contribution in [3.63, 3.8) is 0 Å². The molecule has 3 rings (SSSR count). The number of benzene rings is 1. The SMILES string of the molecule is Cc1cccc(-c2c(N)n[nH]c2-c2cc(Br)c(Br)s2)c1. The highest BCUT2D eigenvalue weighted by Crippen LogP contribution is 2.42. The van der Waals surface area contributed by atoms with E-state index in [9.17, 15) is 0 Å². The van der Waals surface area contributed by atoms with Crippen LogP contribution in [0.4, 0.5) is 5.82 Å². The first-order valence-corrected chi connectivity index (χ1v) is 8.32. The van der Waals surface area contributed by atoms with Crippen LogP contribution in [0.15, 0.2) is 38.6 Å². The molecule has 3 nitrogen and oxygen atoms in total. The molecule has 0 saturated heterocycles. The second kappa shape index (κ2) is 5.35. The van der Waals surface area contributed by atoms with Crippen LogP contribution in [0.2, 0.25) is 0 Å². The smallest absolute Gasteiger partial charge is 0.153 e. The molecule has 0 amide bonds. The van der Waals surface area contributed by atoms with E-state index in [2.05, 4.69) is 73.2 Å². The summed E-state index contributed by atoms with van der Waals surface area (Å²) < 4.78 is 2.08. The quantitative estimate of drug-likeness (QED) is 0.606. The van der Waals surface area contributed by atoms with Gasteiger partial charge in [0, 0.05) is 4.47 Å². The molecule has 0 aliphatic heterocycles. The number of nitrogens with zero attached hydrogens (tertiary/aromatic N) is 1. The number of nitrogen functional groups attached to an aromatic ring is 1. The molecule has 3 aromatic rings. The van der Waals surface area contributed by atoms with Gasteiger partial charge in [0.05, 0.1) is 19.9 Å². The van der Waals surface area contributed by atoms with Gasteiger partial charge in [-0.25, -0.2) is 0 Å². The van der Waals surface area contributed by atoms with Crippen molar-refractivity contribution in [1.82, 2.24) is 10.2 Å². The average molecular weight is 413 g/mol. The van der Waals surface area contributed by atoms with Crippen molar-refractivity contribution in [2.24, 2.45) is 0 Å². The maximum absolute atomic E-state index is 6.04. The van der Waals surface area contributed by atoms with E-state index in [1.165, 1.54) is 5.56 Å². The number of halogens is 2. The number of nitrogens with one attached hydrogen (secondary N) is 1. The summed E-state index contributed by atoms with van der Waals surface area (Å²) in [6.45, 7) is 2.07. The van der Waals surface area contributed by atoms with Crippen molar-refractivity contribution in [3.8, 4) is 21.7 Å². The van der Waals surface area contributed by atoms with Gasteiger partial charge in [-0.3, -0.25) is 5.10 Å². The normalized spacial score (nSPS) is 10.9. The van der Waals surface area contributed by atoms with Gasteiger partial charge in [-0.1, -0.05) is 29.8 Å². The number of rotatable bonds is 2. The van der Waals surface area contributed by atoms with Crippen LogP contribution >= 0.6 is 43.2 Å². The standard InChI is InChI=1S/C14H11Br2N3S/c1-7-3-2-4-8(5-7)11-12(18-19-14(11)17)10-6-9(15)13(16)20-10/h2-6H,1H3,(H3,17,18,19). The van der Waals surface area contributed by atoms with Gasteiger partial charge in [-0.05, 0) is 50.4 Å². The lowest BCUT2D eigenvalue weighted by molar-refractivity contribution is 1.11. The van der Waals surface area contributed by atoms with Crippen LogP contribution in [0.25, 0.3) is 21.7 Å². The van der Waals surface area contributed by atoms with E-state index in [0.29, 0.717) is 5.82 Å². The number of H-pyrrole nitrogens is 1. The molecule has 1 aromatic carbocycles. The molecule has 0 atom stereocenters. The second-order valence-electron chi connectivity index (χ2n) is 4.46. The van der Waals surface area contributed by atoms with Crippen molar-refractivity contribution in [3.05, 3.63) is 44.2 Å². The molecule has 3 N–H and O–H groups in total. The van der Waals surface area contributed by atoms with Crippen molar-refractivity contribution in [2.75, 3.05) is 5.73 Å². The third-order valence-electron chi connectivity index (χ3n) is 2.99. The fraction of sp³-hybridized carbons (Fsp3) is 0.0714. The van der Waals surface area contributed by atoms with Gasteiger partial charge in [-0.15, -0.1) is 11.3 Å². The van der Waals surface area contributed by atoms with Gasteiger partial charge in [-0.2, -0.15) is 5.10 Å². The lowest BCUT2D eigenvalue weighted by Crippen LogP contribution is -1.88. The lowest BCUT2D eigenvalue weighted by Gasteiger charge is -2.04. The second-order valence-corrected chi connectivity index (χ2v) is 7.69. The Morgan fingerprint density at radius 3 is 2.70 bits per heavy atom. The zero-order chi connectivity index (χ0) is 14.3. The van der Waals surface area contributed by atoms with Crippen LogP contribution in [0.5, 0.6) is 0 Å². The van der Waals surface area contributed by atoms with Gasteiger partial charge < -0.3 is 5.73 Å². The Hall–Kier alpha value is -1.11. The number of hydrogen-bond donors (Lipinski definition) is 2. The van der Waals surface area contributed by atoms with Crippen LogP contribution in [0.1, 0.15) is 5.56 Å². The lowest BCUT2D eigenvalue weighted by atomic mass is 10.0. The number of anilines is 1. The molecule has 2 aromatic heterocycles. The maximum atomic E-state index is 6.04. The average Bonchev–Trinajstić information content (AvgIpc) is 2.93. The van der Waals surface area contributed by atoms with Crippen molar-refractivity contribution >= 4 is 49.0 Å². The molecule has 0 spiro atoms. The molecule has 0 aliphatic rings. The van der Waals surface area contributed by atoms with Crippen molar-refractivity contribution in [1.29, 1.82) is 0 Å². The largest absolute Gasteiger partial charge is 0.382 e. The fourth-order valence-corrected chi connectivity index (χ4v) is 4.13. The molecule has 2 heterocycles. The zero-order valence-electron chi connectivity index (χ0n) is 10.6. The summed E-state index contributed by atoms with van der Waals surface area (Å²) in [6, 6.07) is 10.3. The minimum atomic E-state index is 0.520. The van der Waals surface area contributed by atoms with Crippen LogP contribution < -0.4 is 5.73 Å². The molecule has 0 radical (unpaired) electrons. The Balaban J connectivity index is 2.19. The highest BCUT2D eigenvalue weighted by Gasteiger charge is 2.17. The Morgan fingerprint density at radius 2 is 2.05 bits per heavy atom. The highest BCUT2D eigenvalue weighted by atomic mass is 79.9. The minimum absolute atomic E-state index is 0.520. The van der Waals surface area contributed by atoms with E-state index < -0.39 is 0 Å². The first-order chi connectivity index (χ1) is 9.56. The van der Waals surface area contributed by atoms with E-state index in [-0.39, 0.29) is 0 Å². The van der Waals surface area contributed by atoms with Gasteiger partial charge in [0.2, 0.25) is 0 Å². The number of aryl methyl sites for hydroxylation is 1. The zero-order valence-corrected chi connectivity index (χ0v) is 14.6. The van der Waals surface area contributed by atoms with Crippen molar-refractivity contribution in [2.45, 2.75) is 6.92 Å². The number of hydrogen-bond acceptors (Lipinski definition) is 3. The Kier molecular flexibility index (Phi) is 3.70. The van der Waals surface area contributed by atoms with E-state index >= 15 is 0 Å². The van der Waals surface area contributed by atoms with Crippen molar-refractivity contribution < 1.29 is 0 Å².